The number of fused-ring (bicyclic) bond motifs is 1. The second-order valence-corrected chi connectivity index (χ2v) is 9.17. The van der Waals surface area contributed by atoms with E-state index in [2.05, 4.69) is 23.3 Å². The number of carbonyl (C=O) groups is 2. The van der Waals surface area contributed by atoms with Crippen LogP contribution in [0.1, 0.15) is 34.1 Å². The van der Waals surface area contributed by atoms with E-state index in [9.17, 15) is 9.59 Å². The van der Waals surface area contributed by atoms with Crippen LogP contribution in [0.25, 0.3) is 0 Å². The highest BCUT2D eigenvalue weighted by Gasteiger charge is 2.35. The summed E-state index contributed by atoms with van der Waals surface area (Å²) in [4.78, 5) is 26.4. The molecule has 0 aromatic heterocycles. The van der Waals surface area contributed by atoms with Crippen LogP contribution >= 0.6 is 11.6 Å². The van der Waals surface area contributed by atoms with Gasteiger partial charge in [-0.05, 0) is 74.8 Å². The Morgan fingerprint density at radius 2 is 1.89 bits per heavy atom. The summed E-state index contributed by atoms with van der Waals surface area (Å²) in [5, 5.41) is 15.8. The van der Waals surface area contributed by atoms with Crippen LogP contribution in [-0.4, -0.2) is 47.1 Å². The zero-order chi connectivity index (χ0) is 25.5. The van der Waals surface area contributed by atoms with E-state index in [1.54, 1.807) is 19.9 Å². The molecule has 0 radical (unpaired) electrons. The van der Waals surface area contributed by atoms with Crippen molar-refractivity contribution in [2.24, 2.45) is 0 Å². The number of hydrogen-bond donors (Lipinski definition) is 3. The molecule has 6 nitrogen and oxygen atoms in total. The van der Waals surface area contributed by atoms with Gasteiger partial charge in [0, 0.05) is 41.4 Å². The molecule has 7 heteroatoms. The van der Waals surface area contributed by atoms with Gasteiger partial charge in [-0.3, -0.25) is 9.59 Å². The predicted molar refractivity (Wildman–Crippen MR) is 141 cm³/mol. The summed E-state index contributed by atoms with van der Waals surface area (Å²) in [6.07, 6.45) is 10.2. The highest BCUT2D eigenvalue weighted by atomic mass is 35.5. The molecule has 1 heterocycles. The first-order valence-electron chi connectivity index (χ1n) is 11.7. The maximum Gasteiger partial charge on any atom is 0.246 e. The fourth-order valence-corrected chi connectivity index (χ4v) is 4.29. The number of aliphatic hydroxyl groups excluding tert-OH is 1. The Morgan fingerprint density at radius 1 is 1.17 bits per heavy atom. The zero-order valence-electron chi connectivity index (χ0n) is 20.6. The number of likely N-dealkylation sites (tertiary alicyclic amines) is 1. The number of benzene rings is 1. The van der Waals surface area contributed by atoms with E-state index in [4.69, 9.17) is 16.7 Å². The Bertz CT molecular complexity index is 1170. The topological polar surface area (TPSA) is 81.7 Å². The number of anilines is 1. The summed E-state index contributed by atoms with van der Waals surface area (Å²) < 4.78 is 0. The summed E-state index contributed by atoms with van der Waals surface area (Å²) >= 11 is 6.04. The van der Waals surface area contributed by atoms with Crippen molar-refractivity contribution in [1.29, 1.82) is 0 Å². The molecule has 184 valence electrons. The molecular formula is C28H32ClN3O3. The van der Waals surface area contributed by atoms with Gasteiger partial charge in [-0.1, -0.05) is 29.8 Å². The third-order valence-electron chi connectivity index (χ3n) is 6.02. The Balaban J connectivity index is 1.94. The van der Waals surface area contributed by atoms with E-state index in [0.29, 0.717) is 10.6 Å². The molecule has 1 aromatic carbocycles. The van der Waals surface area contributed by atoms with Gasteiger partial charge in [-0.15, -0.1) is 5.73 Å². The van der Waals surface area contributed by atoms with Gasteiger partial charge in [0.05, 0.1) is 18.3 Å². The lowest BCUT2D eigenvalue weighted by molar-refractivity contribution is -0.129. The molecule has 2 aliphatic rings. The Labute approximate surface area is 212 Å². The number of rotatable bonds is 7. The van der Waals surface area contributed by atoms with Crippen LogP contribution in [0.4, 0.5) is 5.69 Å². The number of nitrogens with zero attached hydrogens (tertiary/aromatic N) is 1. The van der Waals surface area contributed by atoms with Gasteiger partial charge in [0.25, 0.3) is 0 Å². The lowest BCUT2D eigenvalue weighted by Crippen LogP contribution is -2.47. The van der Waals surface area contributed by atoms with Gasteiger partial charge < -0.3 is 20.6 Å². The first-order valence-corrected chi connectivity index (χ1v) is 12.0. The first-order chi connectivity index (χ1) is 16.7. The summed E-state index contributed by atoms with van der Waals surface area (Å²) in [6.45, 7) is 7.45. The third kappa shape index (κ3) is 6.64. The smallest absolute Gasteiger partial charge is 0.246 e. The monoisotopic (exact) mass is 493 g/mol. The summed E-state index contributed by atoms with van der Waals surface area (Å²) in [7, 11) is 0. The maximum absolute atomic E-state index is 12.5. The van der Waals surface area contributed by atoms with Crippen LogP contribution in [0.2, 0.25) is 5.02 Å². The van der Waals surface area contributed by atoms with E-state index in [0.717, 1.165) is 34.5 Å². The summed E-state index contributed by atoms with van der Waals surface area (Å²) in [5.41, 5.74) is 8.57. The minimum Gasteiger partial charge on any atom is -0.395 e. The van der Waals surface area contributed by atoms with Crippen LogP contribution in [0, 0.1) is 0 Å². The second kappa shape index (κ2) is 11.9. The molecular weight excluding hydrogens is 462 g/mol. The number of carbonyl (C=O) groups excluding carboxylic acids is 2. The van der Waals surface area contributed by atoms with E-state index in [-0.39, 0.29) is 37.0 Å². The van der Waals surface area contributed by atoms with E-state index in [1.165, 1.54) is 0 Å². The molecule has 1 aromatic rings. The number of nitrogens with one attached hydrogen (secondary N) is 2. The van der Waals surface area contributed by atoms with Crippen LogP contribution in [0.15, 0.2) is 88.4 Å². The van der Waals surface area contributed by atoms with Crippen molar-refractivity contribution in [3.8, 4) is 0 Å². The van der Waals surface area contributed by atoms with Gasteiger partial charge in [0.1, 0.15) is 0 Å². The normalized spacial score (nSPS) is 20.3. The molecule has 0 bridgehead atoms. The van der Waals surface area contributed by atoms with Gasteiger partial charge in [0.15, 0.2) is 0 Å². The lowest BCUT2D eigenvalue weighted by Gasteiger charge is -2.40. The minimum absolute atomic E-state index is 0.00967. The summed E-state index contributed by atoms with van der Waals surface area (Å²) in [6, 6.07) is 7.56. The predicted octanol–water partition coefficient (Wildman–Crippen LogP) is 4.67. The molecule has 1 saturated heterocycles. The molecule has 0 spiro atoms. The van der Waals surface area contributed by atoms with Gasteiger partial charge in [-0.2, -0.15) is 0 Å². The maximum atomic E-state index is 12.5. The van der Waals surface area contributed by atoms with Crippen LogP contribution in [0.3, 0.4) is 0 Å². The molecule has 0 saturated carbocycles. The quantitative estimate of drug-likeness (QED) is 0.293. The lowest BCUT2D eigenvalue weighted by atomic mass is 9.90. The van der Waals surface area contributed by atoms with Crippen LogP contribution < -0.4 is 10.6 Å². The number of amides is 2. The Morgan fingerprint density at radius 3 is 2.54 bits per heavy atom. The van der Waals surface area contributed by atoms with E-state index in [1.807, 2.05) is 60.4 Å². The van der Waals surface area contributed by atoms with Crippen molar-refractivity contribution in [2.45, 2.75) is 46.2 Å². The minimum atomic E-state index is -0.217. The highest BCUT2D eigenvalue weighted by Crippen LogP contribution is 2.34. The Kier molecular flexibility index (Phi) is 8.94. The first kappa shape index (κ1) is 26.3. The number of aliphatic hydroxyl groups is 1. The molecule has 1 fully saturated rings. The molecule has 1 aliphatic carbocycles. The SMILES string of the molecule is CC(=O)N1C2=CC=C(/C(C)=C/C=C(\C)C(=O)NCCO)C=C=C2[C@H](Nc2ccc(Cl)cc2)C[C@@H]1C. The van der Waals surface area contributed by atoms with E-state index >= 15 is 0 Å². The van der Waals surface area contributed by atoms with Crippen molar-refractivity contribution < 1.29 is 14.7 Å². The Hall–Kier alpha value is -3.31. The van der Waals surface area contributed by atoms with Crippen molar-refractivity contribution in [3.05, 3.63) is 93.4 Å². The number of piperidine rings is 1. The molecule has 3 rings (SSSR count). The number of allylic oxidation sites excluding steroid dienone is 6. The highest BCUT2D eigenvalue weighted by molar-refractivity contribution is 6.30. The van der Waals surface area contributed by atoms with Crippen molar-refractivity contribution in [1.82, 2.24) is 10.2 Å². The van der Waals surface area contributed by atoms with Crippen LogP contribution in [-0.2, 0) is 9.59 Å². The van der Waals surface area contributed by atoms with Gasteiger partial charge >= 0.3 is 0 Å². The molecule has 0 unspecified atom stereocenters. The zero-order valence-corrected chi connectivity index (χ0v) is 21.3. The molecule has 2 atom stereocenters. The van der Waals surface area contributed by atoms with Gasteiger partial charge in [-0.25, -0.2) is 0 Å². The van der Waals surface area contributed by atoms with Gasteiger partial charge in [0.2, 0.25) is 11.8 Å². The molecule has 2 amide bonds. The molecule has 35 heavy (non-hydrogen) atoms. The van der Waals surface area contributed by atoms with Crippen molar-refractivity contribution in [2.75, 3.05) is 18.5 Å². The molecule has 1 aliphatic heterocycles. The van der Waals surface area contributed by atoms with Crippen LogP contribution in [0.5, 0.6) is 0 Å². The van der Waals surface area contributed by atoms with Crippen molar-refractivity contribution >= 4 is 29.1 Å². The summed E-state index contributed by atoms with van der Waals surface area (Å²) in [5.74, 6) is -0.226. The third-order valence-corrected chi connectivity index (χ3v) is 6.28. The molecule has 3 N–H and O–H groups in total. The standard InChI is InChI=1S/C28H32ClN3O3/c1-18(5-6-19(2)28(35)30-15-16-33)22-7-13-25-26(31-24-11-9-23(29)10-12-24)17-20(3)32(21(4)34)27(25)14-8-22/h5-12,14,20,26,31,33H,15-17H2,1-4H3,(H,30,35)/b18-5+,19-6+/t20-,26+/m0/s1. The second-order valence-electron chi connectivity index (χ2n) is 8.73. The largest absolute Gasteiger partial charge is 0.395 e. The van der Waals surface area contributed by atoms with E-state index < -0.39 is 0 Å². The average molecular weight is 494 g/mol. The average Bonchev–Trinajstić information content (AvgIpc) is 3.05. The fraction of sp³-hybridized carbons (Fsp3) is 0.321. The fourth-order valence-electron chi connectivity index (χ4n) is 4.16. The van der Waals surface area contributed by atoms with Crippen molar-refractivity contribution in [3.63, 3.8) is 0 Å². The number of halogens is 1. The number of hydrogen-bond acceptors (Lipinski definition) is 4.